The fraction of sp³-hybridized carbons (Fsp3) is 0.0714. The third-order valence-electron chi connectivity index (χ3n) is 2.50. The second kappa shape index (κ2) is 6.33. The zero-order valence-electron chi connectivity index (χ0n) is 10.6. The molecule has 2 N–H and O–H groups in total. The fourth-order valence-corrected chi connectivity index (χ4v) is 1.67. The SMILES string of the molecule is O=C(O)/C=C/C(=O)Nc1cccc(Cn2ccnc2)c1. The summed E-state index contributed by atoms with van der Waals surface area (Å²) in [6, 6.07) is 7.32. The lowest BCUT2D eigenvalue weighted by atomic mass is 10.2. The Labute approximate surface area is 115 Å². The van der Waals surface area contributed by atoms with Crippen LogP contribution in [0.2, 0.25) is 0 Å². The fourth-order valence-electron chi connectivity index (χ4n) is 1.67. The maximum atomic E-state index is 11.5. The minimum Gasteiger partial charge on any atom is -0.478 e. The Kier molecular flexibility index (Phi) is 4.28. The molecule has 0 unspecified atom stereocenters. The molecule has 0 aliphatic carbocycles. The Morgan fingerprint density at radius 1 is 1.35 bits per heavy atom. The number of nitrogens with one attached hydrogen (secondary N) is 1. The molecule has 0 saturated heterocycles. The van der Waals surface area contributed by atoms with Gasteiger partial charge in [0.2, 0.25) is 5.91 Å². The quantitative estimate of drug-likeness (QED) is 0.807. The van der Waals surface area contributed by atoms with E-state index in [9.17, 15) is 9.59 Å². The molecule has 1 amide bonds. The highest BCUT2D eigenvalue weighted by Gasteiger charge is 2.01. The number of carbonyl (C=O) groups excluding carboxylic acids is 1. The monoisotopic (exact) mass is 271 g/mol. The second-order valence-corrected chi connectivity index (χ2v) is 4.10. The summed E-state index contributed by atoms with van der Waals surface area (Å²) in [6.07, 6.45) is 7.03. The van der Waals surface area contributed by atoms with Gasteiger partial charge in [0.05, 0.1) is 6.33 Å². The Hall–Kier alpha value is -2.89. The van der Waals surface area contributed by atoms with Crippen molar-refractivity contribution in [2.75, 3.05) is 5.32 Å². The molecular weight excluding hydrogens is 258 g/mol. The molecule has 2 rings (SSSR count). The zero-order chi connectivity index (χ0) is 14.4. The topological polar surface area (TPSA) is 84.2 Å². The molecule has 0 spiro atoms. The number of carbonyl (C=O) groups is 2. The van der Waals surface area contributed by atoms with Crippen molar-refractivity contribution in [2.45, 2.75) is 6.54 Å². The summed E-state index contributed by atoms with van der Waals surface area (Å²) >= 11 is 0. The largest absolute Gasteiger partial charge is 0.478 e. The van der Waals surface area contributed by atoms with Crippen molar-refractivity contribution < 1.29 is 14.7 Å². The average molecular weight is 271 g/mol. The molecule has 1 aromatic heterocycles. The number of amides is 1. The van der Waals surface area contributed by atoms with E-state index in [1.54, 1.807) is 18.6 Å². The molecule has 102 valence electrons. The molecule has 0 atom stereocenters. The van der Waals surface area contributed by atoms with Crippen LogP contribution in [-0.2, 0) is 16.1 Å². The number of rotatable bonds is 5. The molecular formula is C14H13N3O3. The van der Waals surface area contributed by atoms with Crippen LogP contribution in [0, 0.1) is 0 Å². The molecule has 1 heterocycles. The Morgan fingerprint density at radius 2 is 2.20 bits per heavy atom. The first kappa shape index (κ1) is 13.5. The molecule has 0 fully saturated rings. The summed E-state index contributed by atoms with van der Waals surface area (Å²) in [7, 11) is 0. The first-order chi connectivity index (χ1) is 9.63. The number of carboxylic acid groups (broad SMARTS) is 1. The maximum Gasteiger partial charge on any atom is 0.328 e. The van der Waals surface area contributed by atoms with E-state index in [-0.39, 0.29) is 0 Å². The van der Waals surface area contributed by atoms with E-state index in [2.05, 4.69) is 10.3 Å². The van der Waals surface area contributed by atoms with Crippen molar-refractivity contribution in [3.05, 3.63) is 60.7 Å². The van der Waals surface area contributed by atoms with Crippen molar-refractivity contribution >= 4 is 17.6 Å². The van der Waals surface area contributed by atoms with E-state index < -0.39 is 11.9 Å². The van der Waals surface area contributed by atoms with Crippen LogP contribution in [0.15, 0.2) is 55.1 Å². The van der Waals surface area contributed by atoms with Gasteiger partial charge in [-0.15, -0.1) is 0 Å². The molecule has 0 bridgehead atoms. The van der Waals surface area contributed by atoms with Gasteiger partial charge in [-0.3, -0.25) is 4.79 Å². The lowest BCUT2D eigenvalue weighted by molar-refractivity contribution is -0.131. The lowest BCUT2D eigenvalue weighted by Crippen LogP contribution is -2.09. The predicted molar refractivity (Wildman–Crippen MR) is 73.2 cm³/mol. The number of carboxylic acids is 1. The smallest absolute Gasteiger partial charge is 0.328 e. The molecule has 0 aliphatic rings. The lowest BCUT2D eigenvalue weighted by Gasteiger charge is -2.06. The summed E-state index contributed by atoms with van der Waals surface area (Å²) in [5, 5.41) is 11.0. The van der Waals surface area contributed by atoms with Gasteiger partial charge in [-0.25, -0.2) is 9.78 Å². The van der Waals surface area contributed by atoms with E-state index in [1.165, 1.54) is 0 Å². The molecule has 6 nitrogen and oxygen atoms in total. The molecule has 1 aromatic carbocycles. The molecule has 0 aliphatic heterocycles. The Bertz CT molecular complexity index is 633. The minimum atomic E-state index is -1.16. The van der Waals surface area contributed by atoms with Gasteiger partial charge in [0.25, 0.3) is 0 Å². The van der Waals surface area contributed by atoms with Gasteiger partial charge >= 0.3 is 5.97 Å². The molecule has 2 aromatic rings. The third-order valence-corrected chi connectivity index (χ3v) is 2.50. The highest BCUT2D eigenvalue weighted by atomic mass is 16.4. The molecule has 6 heteroatoms. The van der Waals surface area contributed by atoms with E-state index in [0.717, 1.165) is 17.7 Å². The van der Waals surface area contributed by atoms with E-state index in [4.69, 9.17) is 5.11 Å². The van der Waals surface area contributed by atoms with Crippen molar-refractivity contribution in [3.8, 4) is 0 Å². The molecule has 0 radical (unpaired) electrons. The van der Waals surface area contributed by atoms with Gasteiger partial charge < -0.3 is 15.0 Å². The van der Waals surface area contributed by atoms with Gasteiger partial charge in [0.1, 0.15) is 0 Å². The number of aliphatic carboxylic acids is 1. The predicted octanol–water partition coefficient (Wildman–Crippen LogP) is 1.51. The first-order valence-corrected chi connectivity index (χ1v) is 5.90. The zero-order valence-corrected chi connectivity index (χ0v) is 10.6. The normalized spacial score (nSPS) is 10.6. The summed E-state index contributed by atoms with van der Waals surface area (Å²) in [5.74, 6) is -1.64. The van der Waals surface area contributed by atoms with Gasteiger partial charge in [-0.1, -0.05) is 12.1 Å². The van der Waals surface area contributed by atoms with Gasteiger partial charge in [0, 0.05) is 36.8 Å². The highest BCUT2D eigenvalue weighted by Crippen LogP contribution is 2.12. The third kappa shape index (κ3) is 4.09. The van der Waals surface area contributed by atoms with Crippen molar-refractivity contribution in [1.29, 1.82) is 0 Å². The number of benzene rings is 1. The van der Waals surface area contributed by atoms with E-state index >= 15 is 0 Å². The second-order valence-electron chi connectivity index (χ2n) is 4.10. The number of hydrogen-bond acceptors (Lipinski definition) is 3. The standard InChI is InChI=1S/C14H13N3O3/c18-13(4-5-14(19)20)16-12-3-1-2-11(8-12)9-17-7-6-15-10-17/h1-8,10H,9H2,(H,16,18)(H,19,20)/b5-4+. The van der Waals surface area contributed by atoms with Crippen molar-refractivity contribution in [1.82, 2.24) is 9.55 Å². The van der Waals surface area contributed by atoms with Crippen molar-refractivity contribution in [2.24, 2.45) is 0 Å². The van der Waals surface area contributed by atoms with Gasteiger partial charge in [-0.2, -0.15) is 0 Å². The number of imidazole rings is 1. The van der Waals surface area contributed by atoms with Crippen LogP contribution in [0.4, 0.5) is 5.69 Å². The van der Waals surface area contributed by atoms with Gasteiger partial charge in [-0.05, 0) is 17.7 Å². The van der Waals surface area contributed by atoms with Crippen LogP contribution in [0.1, 0.15) is 5.56 Å². The van der Waals surface area contributed by atoms with Crippen molar-refractivity contribution in [3.63, 3.8) is 0 Å². The summed E-state index contributed by atoms with van der Waals surface area (Å²) in [4.78, 5) is 25.7. The first-order valence-electron chi connectivity index (χ1n) is 5.90. The summed E-state index contributed by atoms with van der Waals surface area (Å²) in [6.45, 7) is 0.647. The molecule has 20 heavy (non-hydrogen) atoms. The van der Waals surface area contributed by atoms with Crippen LogP contribution in [0.3, 0.4) is 0 Å². The minimum absolute atomic E-state index is 0.479. The Morgan fingerprint density at radius 3 is 2.90 bits per heavy atom. The van der Waals surface area contributed by atoms with Gasteiger partial charge in [0.15, 0.2) is 0 Å². The number of aromatic nitrogens is 2. The number of nitrogens with zero attached hydrogens (tertiary/aromatic N) is 2. The van der Waals surface area contributed by atoms with Crippen LogP contribution in [-0.4, -0.2) is 26.5 Å². The molecule has 0 saturated carbocycles. The Balaban J connectivity index is 2.02. The average Bonchev–Trinajstić information content (AvgIpc) is 2.89. The van der Waals surface area contributed by atoms with Crippen LogP contribution in [0.5, 0.6) is 0 Å². The summed E-state index contributed by atoms with van der Waals surface area (Å²) in [5.41, 5.74) is 1.62. The van der Waals surface area contributed by atoms with E-state index in [0.29, 0.717) is 12.2 Å². The van der Waals surface area contributed by atoms with Crippen LogP contribution in [0.25, 0.3) is 0 Å². The highest BCUT2D eigenvalue weighted by molar-refractivity contribution is 6.02. The van der Waals surface area contributed by atoms with Crippen LogP contribution < -0.4 is 5.32 Å². The number of hydrogen-bond donors (Lipinski definition) is 2. The number of anilines is 1. The van der Waals surface area contributed by atoms with E-state index in [1.807, 2.05) is 29.0 Å². The van der Waals surface area contributed by atoms with Crippen LogP contribution >= 0.6 is 0 Å². The summed E-state index contributed by atoms with van der Waals surface area (Å²) < 4.78 is 1.91. The maximum absolute atomic E-state index is 11.5.